The number of aromatic nitrogens is 1. The lowest BCUT2D eigenvalue weighted by Crippen LogP contribution is -2.00. The Kier molecular flexibility index (Phi) is 5.17. The Hall–Kier alpha value is -3.34. The third kappa shape index (κ3) is 3.52. The van der Waals surface area contributed by atoms with E-state index in [4.69, 9.17) is 14.2 Å². The average Bonchev–Trinajstić information content (AvgIpc) is 2.70. The van der Waals surface area contributed by atoms with Crippen LogP contribution in [0.25, 0.3) is 17.0 Å². The van der Waals surface area contributed by atoms with E-state index in [1.807, 2.05) is 30.3 Å². The van der Waals surface area contributed by atoms with Gasteiger partial charge in [0.05, 0.1) is 32.4 Å². The summed E-state index contributed by atoms with van der Waals surface area (Å²) < 4.78 is 15.8. The van der Waals surface area contributed by atoms with Crippen LogP contribution < -0.4 is 14.2 Å². The lowest BCUT2D eigenvalue weighted by Gasteiger charge is -2.08. The first-order chi connectivity index (χ1) is 12.7. The van der Waals surface area contributed by atoms with Gasteiger partial charge in [-0.3, -0.25) is 4.79 Å². The largest absolute Gasteiger partial charge is 0.497 e. The highest BCUT2D eigenvalue weighted by atomic mass is 16.5. The molecule has 0 unspecified atom stereocenters. The van der Waals surface area contributed by atoms with Gasteiger partial charge in [0, 0.05) is 17.0 Å². The van der Waals surface area contributed by atoms with Gasteiger partial charge in [-0.15, -0.1) is 0 Å². The number of ketones is 1. The molecule has 0 saturated heterocycles. The molecule has 2 aromatic carbocycles. The van der Waals surface area contributed by atoms with Crippen LogP contribution in [-0.4, -0.2) is 32.1 Å². The summed E-state index contributed by atoms with van der Waals surface area (Å²) >= 11 is 0. The Morgan fingerprint density at radius 2 is 1.77 bits per heavy atom. The van der Waals surface area contributed by atoms with Gasteiger partial charge in [0.15, 0.2) is 5.78 Å². The van der Waals surface area contributed by atoms with E-state index >= 15 is 0 Å². The van der Waals surface area contributed by atoms with Crippen LogP contribution >= 0.6 is 0 Å². The molecule has 3 aromatic rings. The van der Waals surface area contributed by atoms with Gasteiger partial charge in [0.25, 0.3) is 0 Å². The number of hydrogen-bond donors (Lipinski definition) is 0. The Morgan fingerprint density at radius 3 is 2.50 bits per heavy atom. The number of ether oxygens (including phenoxy) is 3. The minimum absolute atomic E-state index is 0.181. The van der Waals surface area contributed by atoms with Crippen molar-refractivity contribution < 1.29 is 19.0 Å². The van der Waals surface area contributed by atoms with Gasteiger partial charge in [-0.2, -0.15) is 0 Å². The molecule has 0 bridgehead atoms. The first-order valence-electron chi connectivity index (χ1n) is 8.04. The molecule has 0 fully saturated rings. The maximum absolute atomic E-state index is 12.6. The van der Waals surface area contributed by atoms with Crippen LogP contribution in [0.1, 0.15) is 15.9 Å². The van der Waals surface area contributed by atoms with Crippen LogP contribution in [0, 0.1) is 0 Å². The second-order valence-electron chi connectivity index (χ2n) is 5.54. The van der Waals surface area contributed by atoms with Gasteiger partial charge in [0.2, 0.25) is 5.88 Å². The third-order valence-corrected chi connectivity index (χ3v) is 4.00. The molecule has 0 atom stereocenters. The number of methoxy groups -OCH3 is 3. The summed E-state index contributed by atoms with van der Waals surface area (Å²) in [6.07, 6.45) is 3.18. The highest BCUT2D eigenvalue weighted by Crippen LogP contribution is 2.27. The van der Waals surface area contributed by atoms with Crippen molar-refractivity contribution in [1.29, 1.82) is 0 Å². The van der Waals surface area contributed by atoms with Crippen molar-refractivity contribution in [2.75, 3.05) is 21.3 Å². The Morgan fingerprint density at radius 1 is 0.962 bits per heavy atom. The molecule has 3 rings (SSSR count). The molecule has 0 aliphatic heterocycles. The van der Waals surface area contributed by atoms with E-state index in [1.165, 1.54) is 13.2 Å². The number of carbonyl (C=O) groups excluding carboxylic acids is 1. The summed E-state index contributed by atoms with van der Waals surface area (Å²) in [6.45, 7) is 0. The summed E-state index contributed by atoms with van der Waals surface area (Å²) in [7, 11) is 4.64. The number of nitrogens with zero attached hydrogens (tertiary/aromatic N) is 1. The molecule has 0 radical (unpaired) electrons. The smallest absolute Gasteiger partial charge is 0.221 e. The normalized spacial score (nSPS) is 10.9. The van der Waals surface area contributed by atoms with E-state index in [2.05, 4.69) is 4.98 Å². The SMILES string of the molecule is COc1ccc(C(=O)/C=C/c2cc3ccccc3nc2OC)c(OC)c1. The van der Waals surface area contributed by atoms with Crippen molar-refractivity contribution in [3.63, 3.8) is 0 Å². The van der Waals surface area contributed by atoms with E-state index in [1.54, 1.807) is 38.5 Å². The zero-order valence-corrected chi connectivity index (χ0v) is 14.9. The van der Waals surface area contributed by atoms with Crippen LogP contribution in [0.5, 0.6) is 17.4 Å². The molecule has 0 spiro atoms. The number of allylic oxidation sites excluding steroid dienone is 1. The molecule has 26 heavy (non-hydrogen) atoms. The molecule has 0 aliphatic carbocycles. The highest BCUT2D eigenvalue weighted by Gasteiger charge is 2.12. The predicted molar refractivity (Wildman–Crippen MR) is 101 cm³/mol. The standard InChI is InChI=1S/C21H19NO4/c1-24-16-9-10-17(20(13-16)25-2)19(23)11-8-15-12-14-6-4-5-7-18(14)22-21(15)26-3/h4-13H,1-3H3/b11-8+. The lowest BCUT2D eigenvalue weighted by atomic mass is 10.1. The van der Waals surface area contributed by atoms with Crippen molar-refractivity contribution in [3.05, 3.63) is 65.7 Å². The summed E-state index contributed by atoms with van der Waals surface area (Å²) in [4.78, 5) is 17.1. The molecule has 0 N–H and O–H groups in total. The van der Waals surface area contributed by atoms with E-state index < -0.39 is 0 Å². The topological polar surface area (TPSA) is 57.7 Å². The van der Waals surface area contributed by atoms with E-state index in [-0.39, 0.29) is 5.78 Å². The Bertz CT molecular complexity index is 979. The maximum Gasteiger partial charge on any atom is 0.221 e. The number of carbonyl (C=O) groups is 1. The minimum Gasteiger partial charge on any atom is -0.497 e. The molecular formula is C21H19NO4. The molecule has 5 nitrogen and oxygen atoms in total. The first-order valence-corrected chi connectivity index (χ1v) is 8.04. The van der Waals surface area contributed by atoms with Crippen molar-refractivity contribution in [1.82, 2.24) is 4.98 Å². The van der Waals surface area contributed by atoms with Gasteiger partial charge in [-0.1, -0.05) is 18.2 Å². The molecular weight excluding hydrogens is 330 g/mol. The van der Waals surface area contributed by atoms with E-state index in [0.29, 0.717) is 22.9 Å². The summed E-state index contributed by atoms with van der Waals surface area (Å²) in [5.74, 6) is 1.37. The van der Waals surface area contributed by atoms with Crippen molar-refractivity contribution in [2.45, 2.75) is 0 Å². The van der Waals surface area contributed by atoms with Crippen molar-refractivity contribution in [3.8, 4) is 17.4 Å². The fourth-order valence-corrected chi connectivity index (χ4v) is 2.65. The Balaban J connectivity index is 1.94. The lowest BCUT2D eigenvalue weighted by molar-refractivity contribution is 0.104. The van der Waals surface area contributed by atoms with Crippen LogP contribution in [0.2, 0.25) is 0 Å². The molecule has 132 valence electrons. The van der Waals surface area contributed by atoms with Crippen LogP contribution in [0.3, 0.4) is 0 Å². The number of hydrogen-bond acceptors (Lipinski definition) is 5. The zero-order valence-electron chi connectivity index (χ0n) is 14.9. The van der Waals surface area contributed by atoms with Gasteiger partial charge in [-0.25, -0.2) is 4.98 Å². The van der Waals surface area contributed by atoms with Crippen LogP contribution in [0.15, 0.2) is 54.6 Å². The third-order valence-electron chi connectivity index (χ3n) is 4.00. The number of rotatable bonds is 6. The predicted octanol–water partition coefficient (Wildman–Crippen LogP) is 4.16. The molecule has 0 amide bonds. The van der Waals surface area contributed by atoms with Gasteiger partial charge in [-0.05, 0) is 36.4 Å². The molecule has 0 aliphatic rings. The summed E-state index contributed by atoms with van der Waals surface area (Å²) in [5, 5.41) is 0.974. The monoisotopic (exact) mass is 349 g/mol. The summed E-state index contributed by atoms with van der Waals surface area (Å²) in [5.41, 5.74) is 2.02. The second-order valence-corrected chi connectivity index (χ2v) is 5.54. The van der Waals surface area contributed by atoms with Gasteiger partial charge < -0.3 is 14.2 Å². The molecule has 1 aromatic heterocycles. The maximum atomic E-state index is 12.6. The first kappa shape index (κ1) is 17.5. The zero-order chi connectivity index (χ0) is 18.5. The minimum atomic E-state index is -0.181. The Labute approximate surface area is 151 Å². The van der Waals surface area contributed by atoms with Crippen molar-refractivity contribution >= 4 is 22.8 Å². The summed E-state index contributed by atoms with van der Waals surface area (Å²) in [6, 6.07) is 14.8. The number of benzene rings is 2. The number of fused-ring (bicyclic) bond motifs is 1. The van der Waals surface area contributed by atoms with Crippen molar-refractivity contribution in [2.24, 2.45) is 0 Å². The van der Waals surface area contributed by atoms with E-state index in [9.17, 15) is 4.79 Å². The van der Waals surface area contributed by atoms with Crippen LogP contribution in [0.4, 0.5) is 0 Å². The van der Waals surface area contributed by atoms with E-state index in [0.717, 1.165) is 16.5 Å². The fraction of sp³-hybridized carbons (Fsp3) is 0.143. The average molecular weight is 349 g/mol. The highest BCUT2D eigenvalue weighted by molar-refractivity contribution is 6.09. The van der Waals surface area contributed by atoms with Gasteiger partial charge >= 0.3 is 0 Å². The quantitative estimate of drug-likeness (QED) is 0.494. The van der Waals surface area contributed by atoms with Crippen LogP contribution in [-0.2, 0) is 0 Å². The second kappa shape index (κ2) is 7.70. The number of para-hydroxylation sites is 1. The van der Waals surface area contributed by atoms with Gasteiger partial charge in [0.1, 0.15) is 11.5 Å². The molecule has 1 heterocycles. The fourth-order valence-electron chi connectivity index (χ4n) is 2.65. The molecule has 5 heteroatoms. The number of pyridine rings is 1. The molecule has 0 saturated carbocycles.